The third-order valence-electron chi connectivity index (χ3n) is 9.01. The van der Waals surface area contributed by atoms with Crippen LogP contribution in [-0.4, -0.2) is 86.5 Å². The highest BCUT2D eigenvalue weighted by atomic mass is 35.5. The van der Waals surface area contributed by atoms with Crippen molar-refractivity contribution < 1.29 is 34.8 Å². The quantitative estimate of drug-likeness (QED) is 0.333. The van der Waals surface area contributed by atoms with Gasteiger partial charge in [0.2, 0.25) is 5.78 Å². The van der Waals surface area contributed by atoms with Crippen LogP contribution in [0.1, 0.15) is 60.6 Å². The second-order valence-electron chi connectivity index (χ2n) is 12.2. The van der Waals surface area contributed by atoms with Crippen LogP contribution in [0, 0.1) is 17.8 Å². The number of likely N-dealkylation sites (N-methyl/N-ethyl adjacent to an activating group) is 1. The highest BCUT2D eigenvalue weighted by molar-refractivity contribution is 6.33. The number of allylic oxidation sites excluding steroid dienone is 1. The molecule has 1 aromatic rings. The van der Waals surface area contributed by atoms with Crippen LogP contribution >= 0.6 is 11.6 Å². The van der Waals surface area contributed by atoms with Crippen LogP contribution in [0.15, 0.2) is 28.7 Å². The summed E-state index contributed by atoms with van der Waals surface area (Å²) in [5.41, 5.74) is 2.84. The molecule has 1 amide bonds. The molecule has 0 bridgehead atoms. The van der Waals surface area contributed by atoms with Gasteiger partial charge in [-0.3, -0.25) is 24.2 Å². The molecule has 3 aliphatic carbocycles. The molecule has 1 fully saturated rings. The summed E-state index contributed by atoms with van der Waals surface area (Å²) in [4.78, 5) is 43.2. The Morgan fingerprint density at radius 2 is 1.93 bits per heavy atom. The van der Waals surface area contributed by atoms with E-state index in [1.807, 2.05) is 0 Å². The Morgan fingerprint density at radius 1 is 1.25 bits per heavy atom. The number of halogens is 1. The fourth-order valence-electron chi connectivity index (χ4n) is 7.42. The van der Waals surface area contributed by atoms with Gasteiger partial charge in [-0.2, -0.15) is 0 Å². The molecule has 6 N–H and O–H groups in total. The first kappa shape index (κ1) is 28.6. The van der Waals surface area contributed by atoms with E-state index in [0.717, 1.165) is 31.5 Å². The highest BCUT2D eigenvalue weighted by Crippen LogP contribution is 2.54. The number of aromatic hydroxyl groups is 1. The molecule has 40 heavy (non-hydrogen) atoms. The number of fused-ring (bicyclic) bond motifs is 3. The van der Waals surface area contributed by atoms with Crippen molar-refractivity contribution in [2.75, 3.05) is 27.2 Å². The van der Waals surface area contributed by atoms with E-state index in [-0.39, 0.29) is 35.8 Å². The molecule has 1 saturated heterocycles. The zero-order valence-corrected chi connectivity index (χ0v) is 23.8. The summed E-state index contributed by atoms with van der Waals surface area (Å²) in [6.07, 6.45) is 2.05. The lowest BCUT2D eigenvalue weighted by molar-refractivity contribution is -0.148. The Kier molecular flexibility index (Phi) is 7.06. The van der Waals surface area contributed by atoms with E-state index in [2.05, 4.69) is 18.7 Å². The second kappa shape index (κ2) is 9.87. The molecule has 1 aliphatic heterocycles. The zero-order chi connectivity index (χ0) is 29.4. The van der Waals surface area contributed by atoms with Gasteiger partial charge < -0.3 is 26.2 Å². The molecule has 5 rings (SSSR count). The topological polar surface area (TPSA) is 165 Å². The van der Waals surface area contributed by atoms with Gasteiger partial charge in [-0.05, 0) is 75.4 Å². The first-order valence-electron chi connectivity index (χ1n) is 13.6. The number of amides is 1. The molecule has 1 heterocycles. The number of primary amides is 1. The number of phenols is 1. The molecule has 1 aromatic carbocycles. The van der Waals surface area contributed by atoms with E-state index in [9.17, 15) is 34.8 Å². The number of nitrogens with zero attached hydrogens (tertiary/aromatic N) is 2. The van der Waals surface area contributed by atoms with Gasteiger partial charge in [-0.25, -0.2) is 0 Å². The van der Waals surface area contributed by atoms with Gasteiger partial charge in [-0.1, -0.05) is 25.4 Å². The highest BCUT2D eigenvalue weighted by Gasteiger charge is 2.63. The molecule has 0 aromatic heterocycles. The predicted octanol–water partition coefficient (Wildman–Crippen LogP) is 2.57. The van der Waals surface area contributed by atoms with E-state index in [4.69, 9.17) is 17.3 Å². The fourth-order valence-corrected chi connectivity index (χ4v) is 7.78. The van der Waals surface area contributed by atoms with Crippen molar-refractivity contribution in [2.45, 2.75) is 57.2 Å². The number of rotatable bonds is 5. The van der Waals surface area contributed by atoms with E-state index >= 15 is 0 Å². The van der Waals surface area contributed by atoms with Crippen molar-refractivity contribution in [2.24, 2.45) is 23.5 Å². The van der Waals surface area contributed by atoms with Gasteiger partial charge in [0, 0.05) is 29.1 Å². The monoisotopic (exact) mass is 573 g/mol. The first-order chi connectivity index (χ1) is 18.7. The predicted molar refractivity (Wildman–Crippen MR) is 147 cm³/mol. The molecule has 10 nitrogen and oxygen atoms in total. The molecular weight excluding hydrogens is 538 g/mol. The van der Waals surface area contributed by atoms with Crippen LogP contribution in [0.3, 0.4) is 0 Å². The largest absolute Gasteiger partial charge is 0.510 e. The number of benzene rings is 1. The van der Waals surface area contributed by atoms with Crippen molar-refractivity contribution in [1.82, 2.24) is 9.80 Å². The van der Waals surface area contributed by atoms with Crippen LogP contribution in [0.5, 0.6) is 5.75 Å². The van der Waals surface area contributed by atoms with Gasteiger partial charge in [0.1, 0.15) is 22.8 Å². The van der Waals surface area contributed by atoms with E-state index in [0.29, 0.717) is 16.5 Å². The fraction of sp³-hybridized carbons (Fsp3) is 0.552. The number of ketones is 2. The van der Waals surface area contributed by atoms with E-state index in [1.165, 1.54) is 11.0 Å². The van der Waals surface area contributed by atoms with Gasteiger partial charge in [0.15, 0.2) is 11.4 Å². The lowest BCUT2D eigenvalue weighted by atomic mass is 9.58. The SMILES string of the molecule is CC(C)CN1CCCC1c1cc(O)c2c(c1Cl)C[C@H]1C[C@H]3[C@H](N(C)C)C(O)=C(C(N)=O)C(=O)[C@@]3(O)C(O)=C1C2=O. The summed E-state index contributed by atoms with van der Waals surface area (Å²) in [6, 6.07) is 0.468. The van der Waals surface area contributed by atoms with Crippen LogP contribution in [-0.2, 0) is 16.0 Å². The molecule has 0 spiro atoms. The Morgan fingerprint density at radius 3 is 2.52 bits per heavy atom. The standard InChI is InChI=1S/C29H36ClN3O7/c1-12(2)11-33-7-5-6-17(33)14-10-18(34)20-15(22(14)30)8-13-9-16-23(32(3)4)25(36)21(28(31)39)27(38)29(16,40)26(37)19(13)24(20)35/h10,12-13,16-17,23,34,36-37,40H,5-9,11H2,1-4H3,(H2,31,39)/t13-,16-,17?,23-,29-/m0/s1. The molecule has 5 atom stereocenters. The average Bonchev–Trinajstić information content (AvgIpc) is 3.30. The minimum Gasteiger partial charge on any atom is -0.510 e. The minimum absolute atomic E-state index is 0.00798. The van der Waals surface area contributed by atoms with Crippen LogP contribution < -0.4 is 5.73 Å². The number of hydrogen-bond acceptors (Lipinski definition) is 9. The Hall–Kier alpha value is -2.92. The maximum atomic E-state index is 13.9. The lowest BCUT2D eigenvalue weighted by Crippen LogP contribution is -2.63. The molecule has 4 aliphatic rings. The average molecular weight is 574 g/mol. The molecule has 11 heteroatoms. The number of aliphatic hydroxyl groups excluding tert-OH is 2. The molecule has 0 radical (unpaired) electrons. The van der Waals surface area contributed by atoms with E-state index in [1.54, 1.807) is 14.1 Å². The Balaban J connectivity index is 1.64. The number of hydrogen-bond donors (Lipinski definition) is 5. The zero-order valence-electron chi connectivity index (χ0n) is 23.1. The molecular formula is C29H36ClN3O7. The van der Waals surface area contributed by atoms with Crippen molar-refractivity contribution in [3.05, 3.63) is 50.4 Å². The lowest BCUT2D eigenvalue weighted by Gasteiger charge is -2.50. The number of phenolic OH excluding ortho intramolecular Hbond substituents is 1. The summed E-state index contributed by atoms with van der Waals surface area (Å²) in [6.45, 7) is 6.05. The summed E-state index contributed by atoms with van der Waals surface area (Å²) < 4.78 is 0. The van der Waals surface area contributed by atoms with Crippen LogP contribution in [0.4, 0.5) is 0 Å². The normalized spacial score (nSPS) is 30.7. The minimum atomic E-state index is -2.66. The number of carbonyl (C=O) groups is 3. The van der Waals surface area contributed by atoms with E-state index < -0.39 is 58.0 Å². The van der Waals surface area contributed by atoms with Crippen molar-refractivity contribution in [1.29, 1.82) is 0 Å². The first-order valence-corrected chi connectivity index (χ1v) is 14.0. The molecule has 216 valence electrons. The Labute approximate surface area is 237 Å². The van der Waals surface area contributed by atoms with Crippen LogP contribution in [0.25, 0.3) is 0 Å². The third-order valence-corrected chi connectivity index (χ3v) is 9.45. The summed E-state index contributed by atoms with van der Waals surface area (Å²) >= 11 is 6.98. The third kappa shape index (κ3) is 3.99. The number of carbonyl (C=O) groups excluding carboxylic acids is 3. The maximum absolute atomic E-state index is 13.9. The second-order valence-corrected chi connectivity index (χ2v) is 12.5. The van der Waals surface area contributed by atoms with Crippen molar-refractivity contribution >= 4 is 29.1 Å². The Bertz CT molecular complexity index is 1380. The smallest absolute Gasteiger partial charge is 0.255 e. The number of Topliss-reactive ketones (excluding diaryl/α,β-unsaturated/α-hetero) is 2. The molecule has 1 unspecified atom stereocenters. The van der Waals surface area contributed by atoms with Gasteiger partial charge in [0.25, 0.3) is 5.91 Å². The van der Waals surface area contributed by atoms with Gasteiger partial charge >= 0.3 is 0 Å². The van der Waals surface area contributed by atoms with Crippen molar-refractivity contribution in [3.63, 3.8) is 0 Å². The maximum Gasteiger partial charge on any atom is 0.255 e. The summed E-state index contributed by atoms with van der Waals surface area (Å²) in [5.74, 6) is -6.30. The summed E-state index contributed by atoms with van der Waals surface area (Å²) in [5, 5.41) is 45.5. The van der Waals surface area contributed by atoms with Gasteiger partial charge in [0.05, 0.1) is 11.6 Å². The molecule has 0 saturated carbocycles. The number of likely N-dealkylation sites (tertiary alicyclic amines) is 1. The number of nitrogens with two attached hydrogens (primary N) is 1. The van der Waals surface area contributed by atoms with Crippen LogP contribution in [0.2, 0.25) is 5.02 Å². The number of aliphatic hydroxyl groups is 3. The summed E-state index contributed by atoms with van der Waals surface area (Å²) in [7, 11) is 3.19. The van der Waals surface area contributed by atoms with Gasteiger partial charge in [-0.15, -0.1) is 0 Å². The van der Waals surface area contributed by atoms with Crippen molar-refractivity contribution in [3.8, 4) is 5.75 Å².